The van der Waals surface area contributed by atoms with Crippen LogP contribution >= 0.6 is 0 Å². The molecule has 0 radical (unpaired) electrons. The van der Waals surface area contributed by atoms with E-state index < -0.39 is 0 Å². The Hall–Kier alpha value is -1.50. The van der Waals surface area contributed by atoms with Gasteiger partial charge in [0.25, 0.3) is 0 Å². The molecule has 1 heterocycles. The Balaban J connectivity index is 2.44. The van der Waals surface area contributed by atoms with Crippen LogP contribution in [-0.2, 0) is 17.3 Å². The number of nitrogens with zero attached hydrogens (tertiary/aromatic N) is 1. The summed E-state index contributed by atoms with van der Waals surface area (Å²) >= 11 is 0. The van der Waals surface area contributed by atoms with Gasteiger partial charge in [0.05, 0.1) is 0 Å². The second-order valence-corrected chi connectivity index (χ2v) is 9.14. The minimum Gasteiger partial charge on any atom is -0.374 e. The zero-order valence-corrected chi connectivity index (χ0v) is 15.9. The van der Waals surface area contributed by atoms with Crippen LogP contribution in [0.15, 0.2) is 24.3 Å². The molecule has 0 N–H and O–H groups in total. The molecule has 2 aliphatic rings. The molecule has 1 heteroatoms. The summed E-state index contributed by atoms with van der Waals surface area (Å²) in [6, 6.07) is 2.46. The van der Waals surface area contributed by atoms with Crippen molar-refractivity contribution in [2.45, 2.75) is 65.2 Å². The van der Waals surface area contributed by atoms with Crippen molar-refractivity contribution >= 4 is 11.3 Å². The van der Waals surface area contributed by atoms with Crippen LogP contribution in [0.2, 0.25) is 0 Å². The molecule has 1 aliphatic carbocycles. The molecule has 0 bridgehead atoms. The van der Waals surface area contributed by atoms with Gasteiger partial charge in [0.15, 0.2) is 0 Å². The number of fused-ring (bicyclic) bond motifs is 3. The molecule has 1 aromatic rings. The predicted octanol–water partition coefficient (Wildman–Crippen LogP) is 5.62. The van der Waals surface area contributed by atoms with Crippen LogP contribution in [0.3, 0.4) is 0 Å². The summed E-state index contributed by atoms with van der Waals surface area (Å²) in [4.78, 5) is 2.48. The lowest BCUT2D eigenvalue weighted by atomic mass is 9.68. The van der Waals surface area contributed by atoms with E-state index in [2.05, 4.69) is 72.2 Å². The first kappa shape index (κ1) is 16.4. The van der Waals surface area contributed by atoms with Gasteiger partial charge >= 0.3 is 0 Å². The molecule has 0 unspecified atom stereocenters. The van der Waals surface area contributed by atoms with Crippen LogP contribution in [-0.4, -0.2) is 13.6 Å². The van der Waals surface area contributed by atoms with Gasteiger partial charge in [0.2, 0.25) is 0 Å². The molecule has 0 atom stereocenters. The van der Waals surface area contributed by atoms with Crippen LogP contribution in [0.4, 0.5) is 5.69 Å². The number of allylic oxidation sites excluding steroid dienone is 3. The predicted molar refractivity (Wildman–Crippen MR) is 103 cm³/mol. The quantitative estimate of drug-likeness (QED) is 0.601. The number of hydrogen-bond acceptors (Lipinski definition) is 1. The van der Waals surface area contributed by atoms with Crippen molar-refractivity contribution in [1.29, 1.82) is 0 Å². The summed E-state index contributed by atoms with van der Waals surface area (Å²) in [5.74, 6) is 0. The van der Waals surface area contributed by atoms with E-state index >= 15 is 0 Å². The van der Waals surface area contributed by atoms with E-state index in [-0.39, 0.29) is 10.8 Å². The largest absolute Gasteiger partial charge is 0.374 e. The van der Waals surface area contributed by atoms with Gasteiger partial charge in [-0.3, -0.25) is 0 Å². The molecule has 23 heavy (non-hydrogen) atoms. The van der Waals surface area contributed by atoms with Crippen molar-refractivity contribution in [1.82, 2.24) is 0 Å². The maximum Gasteiger partial charge on any atom is 0.0442 e. The van der Waals surface area contributed by atoms with E-state index in [1.807, 2.05) is 0 Å². The molecule has 3 rings (SSSR count). The average molecular weight is 309 g/mol. The van der Waals surface area contributed by atoms with Crippen molar-refractivity contribution in [2.75, 3.05) is 18.5 Å². The van der Waals surface area contributed by atoms with E-state index in [0.29, 0.717) is 0 Å². The summed E-state index contributed by atoms with van der Waals surface area (Å²) in [5.41, 5.74) is 10.5. The topological polar surface area (TPSA) is 3.24 Å². The Bertz CT molecular complexity index is 710. The molecule has 0 amide bonds. The fourth-order valence-corrected chi connectivity index (χ4v) is 4.29. The highest BCUT2D eigenvalue weighted by Gasteiger charge is 2.38. The number of rotatable bonds is 0. The summed E-state index contributed by atoms with van der Waals surface area (Å²) in [7, 11) is 2.26. The summed E-state index contributed by atoms with van der Waals surface area (Å²) in [6.45, 7) is 19.5. The van der Waals surface area contributed by atoms with Crippen molar-refractivity contribution in [3.8, 4) is 0 Å². The third kappa shape index (κ3) is 2.55. The maximum atomic E-state index is 4.26. The van der Waals surface area contributed by atoms with Gasteiger partial charge in [-0.15, -0.1) is 0 Å². The van der Waals surface area contributed by atoms with Crippen molar-refractivity contribution in [3.63, 3.8) is 0 Å². The lowest BCUT2D eigenvalue weighted by molar-refractivity contribution is 0.452. The standard InChI is InChI=1S/C22H31N/c1-14-11-15(2)16-13-18(21(3,4)5)20-19(17(16)12-14)22(6,7)9-10-23(20)8/h11,13H,1,9-10,12H2,2-8H3. The highest BCUT2D eigenvalue weighted by Crippen LogP contribution is 2.49. The lowest BCUT2D eigenvalue weighted by Gasteiger charge is -2.44. The van der Waals surface area contributed by atoms with Crippen LogP contribution in [0, 0.1) is 0 Å². The van der Waals surface area contributed by atoms with Crippen LogP contribution < -0.4 is 4.90 Å². The second-order valence-electron chi connectivity index (χ2n) is 9.14. The zero-order chi connectivity index (χ0) is 17.2. The van der Waals surface area contributed by atoms with Gasteiger partial charge in [0.1, 0.15) is 0 Å². The summed E-state index contributed by atoms with van der Waals surface area (Å²) < 4.78 is 0. The monoisotopic (exact) mass is 309 g/mol. The third-order valence-electron chi connectivity index (χ3n) is 5.60. The minimum atomic E-state index is 0.148. The van der Waals surface area contributed by atoms with Gasteiger partial charge in [-0.05, 0) is 64.5 Å². The Morgan fingerprint density at radius 1 is 1.22 bits per heavy atom. The van der Waals surface area contributed by atoms with Gasteiger partial charge in [-0.1, -0.05) is 52.8 Å². The molecule has 0 saturated carbocycles. The van der Waals surface area contributed by atoms with E-state index in [0.717, 1.165) is 13.0 Å². The fraction of sp³-hybridized carbons (Fsp3) is 0.545. The maximum absolute atomic E-state index is 4.26. The average Bonchev–Trinajstić information content (AvgIpc) is 2.40. The first-order valence-corrected chi connectivity index (χ1v) is 8.81. The summed E-state index contributed by atoms with van der Waals surface area (Å²) in [5, 5.41) is 0. The minimum absolute atomic E-state index is 0.148. The number of anilines is 1. The first-order chi connectivity index (χ1) is 10.5. The Kier molecular flexibility index (Phi) is 3.55. The fourth-order valence-electron chi connectivity index (χ4n) is 4.29. The van der Waals surface area contributed by atoms with Crippen LogP contribution in [0.25, 0.3) is 5.57 Å². The Morgan fingerprint density at radius 3 is 2.48 bits per heavy atom. The SMILES string of the molecule is C=C1C=C(C)c2cc(C(C)(C)C)c3c(c2C1)C(C)(C)CCN3C. The van der Waals surface area contributed by atoms with Crippen LogP contribution in [0.1, 0.15) is 70.2 Å². The van der Waals surface area contributed by atoms with Gasteiger partial charge < -0.3 is 4.90 Å². The van der Waals surface area contributed by atoms with Crippen molar-refractivity contribution < 1.29 is 0 Å². The molecule has 0 aromatic heterocycles. The summed E-state index contributed by atoms with van der Waals surface area (Å²) in [6.07, 6.45) is 4.48. The van der Waals surface area contributed by atoms with Crippen molar-refractivity contribution in [2.24, 2.45) is 0 Å². The second kappa shape index (κ2) is 5.00. The van der Waals surface area contributed by atoms with E-state index in [4.69, 9.17) is 0 Å². The number of hydrogen-bond donors (Lipinski definition) is 0. The highest BCUT2D eigenvalue weighted by molar-refractivity contribution is 5.80. The molecular weight excluding hydrogens is 278 g/mol. The van der Waals surface area contributed by atoms with E-state index in [9.17, 15) is 0 Å². The molecule has 124 valence electrons. The molecule has 0 saturated heterocycles. The Morgan fingerprint density at radius 2 is 1.87 bits per heavy atom. The first-order valence-electron chi connectivity index (χ1n) is 8.81. The highest BCUT2D eigenvalue weighted by atomic mass is 15.1. The van der Waals surface area contributed by atoms with Gasteiger partial charge in [-0.25, -0.2) is 0 Å². The van der Waals surface area contributed by atoms with E-state index in [1.165, 1.54) is 39.9 Å². The van der Waals surface area contributed by atoms with Gasteiger partial charge in [-0.2, -0.15) is 0 Å². The zero-order valence-electron chi connectivity index (χ0n) is 15.9. The third-order valence-corrected chi connectivity index (χ3v) is 5.60. The molecule has 1 aliphatic heterocycles. The molecule has 0 spiro atoms. The molecule has 1 nitrogen and oxygen atoms in total. The van der Waals surface area contributed by atoms with E-state index in [1.54, 1.807) is 5.56 Å². The molecule has 0 fully saturated rings. The smallest absolute Gasteiger partial charge is 0.0442 e. The van der Waals surface area contributed by atoms with Gasteiger partial charge in [0, 0.05) is 19.3 Å². The molecule has 1 aromatic carbocycles. The molecular formula is C22H31N. The number of benzene rings is 1. The Labute approximate surface area is 142 Å². The van der Waals surface area contributed by atoms with Crippen LogP contribution in [0.5, 0.6) is 0 Å². The lowest BCUT2D eigenvalue weighted by Crippen LogP contribution is -2.38. The van der Waals surface area contributed by atoms with Crippen molar-refractivity contribution in [3.05, 3.63) is 46.5 Å². The normalized spacial score (nSPS) is 20.0.